The average Bonchev–Trinajstić information content (AvgIpc) is 3.22. The van der Waals surface area contributed by atoms with Crippen molar-refractivity contribution in [2.45, 2.75) is 25.9 Å². The van der Waals surface area contributed by atoms with Gasteiger partial charge in [0.15, 0.2) is 0 Å². The molecule has 1 atom stereocenters. The number of nitrogens with zero attached hydrogens (tertiary/aromatic N) is 2. The number of anilines is 1. The van der Waals surface area contributed by atoms with Crippen molar-refractivity contribution < 1.29 is 9.13 Å². The SMILES string of the molecule is Cc1cccn2c(NCC3CCCO3)c(-c3ccc(F)cc3)nc12. The normalized spacial score (nSPS) is 17.5. The molecule has 3 heterocycles. The zero-order chi connectivity index (χ0) is 16.5. The van der Waals surface area contributed by atoms with E-state index in [0.29, 0.717) is 0 Å². The maximum absolute atomic E-state index is 13.3. The van der Waals surface area contributed by atoms with Crippen molar-refractivity contribution in [3.05, 3.63) is 54.0 Å². The van der Waals surface area contributed by atoms with Crippen LogP contribution >= 0.6 is 0 Å². The smallest absolute Gasteiger partial charge is 0.142 e. The van der Waals surface area contributed by atoms with E-state index in [0.717, 1.165) is 54.3 Å². The van der Waals surface area contributed by atoms with Crippen LogP contribution in [0.15, 0.2) is 42.6 Å². The number of nitrogens with one attached hydrogen (secondary N) is 1. The molecule has 1 unspecified atom stereocenters. The molecule has 0 amide bonds. The van der Waals surface area contributed by atoms with Crippen LogP contribution in [-0.2, 0) is 4.74 Å². The fourth-order valence-corrected chi connectivity index (χ4v) is 3.20. The van der Waals surface area contributed by atoms with Gasteiger partial charge >= 0.3 is 0 Å². The molecule has 1 N–H and O–H groups in total. The van der Waals surface area contributed by atoms with Gasteiger partial charge in [-0.1, -0.05) is 6.07 Å². The van der Waals surface area contributed by atoms with Crippen molar-refractivity contribution >= 4 is 11.5 Å². The van der Waals surface area contributed by atoms with Gasteiger partial charge in [0.1, 0.15) is 23.0 Å². The summed E-state index contributed by atoms with van der Waals surface area (Å²) in [6.07, 6.45) is 4.43. The summed E-state index contributed by atoms with van der Waals surface area (Å²) in [5, 5.41) is 3.50. The summed E-state index contributed by atoms with van der Waals surface area (Å²) < 4.78 is 21.0. The molecule has 0 bridgehead atoms. The zero-order valence-corrected chi connectivity index (χ0v) is 13.6. The fraction of sp³-hybridized carbons (Fsp3) is 0.316. The van der Waals surface area contributed by atoms with Crippen molar-refractivity contribution in [3.8, 4) is 11.3 Å². The average molecular weight is 325 g/mol. The van der Waals surface area contributed by atoms with Gasteiger partial charge in [0.25, 0.3) is 0 Å². The van der Waals surface area contributed by atoms with Crippen LogP contribution in [0, 0.1) is 12.7 Å². The second-order valence-corrected chi connectivity index (χ2v) is 6.22. The first kappa shape index (κ1) is 15.1. The van der Waals surface area contributed by atoms with E-state index >= 15 is 0 Å². The van der Waals surface area contributed by atoms with Crippen molar-refractivity contribution in [3.63, 3.8) is 0 Å². The highest BCUT2D eigenvalue weighted by Gasteiger charge is 2.19. The van der Waals surface area contributed by atoms with Crippen LogP contribution in [-0.4, -0.2) is 28.6 Å². The highest BCUT2D eigenvalue weighted by Crippen LogP contribution is 2.30. The van der Waals surface area contributed by atoms with E-state index in [2.05, 4.69) is 9.72 Å². The van der Waals surface area contributed by atoms with Gasteiger partial charge in [-0.2, -0.15) is 0 Å². The van der Waals surface area contributed by atoms with Crippen LogP contribution < -0.4 is 5.32 Å². The molecule has 4 rings (SSSR count). The van der Waals surface area contributed by atoms with Gasteiger partial charge in [-0.05, 0) is 55.7 Å². The Morgan fingerprint density at radius 1 is 1.29 bits per heavy atom. The standard InChI is InChI=1S/C19H20FN3O/c1-13-4-2-10-23-18(13)22-17(14-6-8-15(20)9-7-14)19(23)21-12-16-5-3-11-24-16/h2,4,6-10,16,21H,3,5,11-12H2,1H3. The molecule has 24 heavy (non-hydrogen) atoms. The second-order valence-electron chi connectivity index (χ2n) is 6.22. The Morgan fingerprint density at radius 2 is 2.12 bits per heavy atom. The summed E-state index contributed by atoms with van der Waals surface area (Å²) in [7, 11) is 0. The Kier molecular flexibility index (Phi) is 3.94. The Balaban J connectivity index is 1.77. The second kappa shape index (κ2) is 6.24. The molecule has 1 saturated heterocycles. The van der Waals surface area contributed by atoms with Crippen LogP contribution in [0.1, 0.15) is 18.4 Å². The van der Waals surface area contributed by atoms with Crippen LogP contribution in [0.3, 0.4) is 0 Å². The minimum absolute atomic E-state index is 0.237. The third-order valence-corrected chi connectivity index (χ3v) is 4.48. The topological polar surface area (TPSA) is 38.6 Å². The summed E-state index contributed by atoms with van der Waals surface area (Å²) in [5.74, 6) is 0.684. The van der Waals surface area contributed by atoms with E-state index in [-0.39, 0.29) is 11.9 Å². The third kappa shape index (κ3) is 2.76. The molecule has 1 aromatic carbocycles. The van der Waals surface area contributed by atoms with Gasteiger partial charge in [-0.3, -0.25) is 4.40 Å². The number of benzene rings is 1. The van der Waals surface area contributed by atoms with Crippen molar-refractivity contribution in [1.82, 2.24) is 9.38 Å². The van der Waals surface area contributed by atoms with Gasteiger partial charge in [-0.15, -0.1) is 0 Å². The lowest BCUT2D eigenvalue weighted by molar-refractivity contribution is 0.120. The lowest BCUT2D eigenvalue weighted by atomic mass is 10.1. The number of ether oxygens (including phenoxy) is 1. The number of hydrogen-bond acceptors (Lipinski definition) is 3. The van der Waals surface area contributed by atoms with Gasteiger partial charge in [-0.25, -0.2) is 9.37 Å². The van der Waals surface area contributed by atoms with Gasteiger partial charge in [0.05, 0.1) is 6.10 Å². The number of halogens is 1. The first-order chi connectivity index (χ1) is 11.7. The molecular formula is C19H20FN3O. The molecule has 5 heteroatoms. The largest absolute Gasteiger partial charge is 0.376 e. The molecule has 4 nitrogen and oxygen atoms in total. The van der Waals surface area contributed by atoms with Crippen molar-refractivity contribution in [1.29, 1.82) is 0 Å². The van der Waals surface area contributed by atoms with Crippen LogP contribution in [0.4, 0.5) is 10.2 Å². The maximum atomic E-state index is 13.3. The summed E-state index contributed by atoms with van der Waals surface area (Å²) >= 11 is 0. The van der Waals surface area contributed by atoms with E-state index in [1.165, 1.54) is 12.1 Å². The van der Waals surface area contributed by atoms with E-state index in [1.54, 1.807) is 12.1 Å². The molecule has 1 fully saturated rings. The van der Waals surface area contributed by atoms with Crippen molar-refractivity contribution in [2.75, 3.05) is 18.5 Å². The summed E-state index contributed by atoms with van der Waals surface area (Å²) in [6.45, 7) is 3.62. The van der Waals surface area contributed by atoms with E-state index < -0.39 is 0 Å². The quantitative estimate of drug-likeness (QED) is 0.787. The van der Waals surface area contributed by atoms with Crippen LogP contribution in [0.5, 0.6) is 0 Å². The summed E-state index contributed by atoms with van der Waals surface area (Å²) in [4.78, 5) is 4.79. The predicted octanol–water partition coefficient (Wildman–Crippen LogP) is 4.04. The minimum atomic E-state index is -0.243. The molecule has 0 radical (unpaired) electrons. The molecule has 0 saturated carbocycles. The third-order valence-electron chi connectivity index (χ3n) is 4.48. The number of hydrogen-bond donors (Lipinski definition) is 1. The van der Waals surface area contributed by atoms with Gasteiger partial charge in [0.2, 0.25) is 0 Å². The molecule has 3 aromatic rings. The molecule has 1 aliphatic heterocycles. The Morgan fingerprint density at radius 3 is 2.88 bits per heavy atom. The molecule has 0 aliphatic carbocycles. The van der Waals surface area contributed by atoms with Gasteiger partial charge in [0, 0.05) is 24.9 Å². The lowest BCUT2D eigenvalue weighted by Crippen LogP contribution is -2.19. The molecule has 1 aliphatic rings. The highest BCUT2D eigenvalue weighted by molar-refractivity contribution is 5.77. The number of imidazole rings is 1. The Hall–Kier alpha value is -2.40. The molecule has 0 spiro atoms. The number of aromatic nitrogens is 2. The fourth-order valence-electron chi connectivity index (χ4n) is 3.20. The molecule has 2 aromatic heterocycles. The number of fused-ring (bicyclic) bond motifs is 1. The predicted molar refractivity (Wildman–Crippen MR) is 92.8 cm³/mol. The van der Waals surface area contributed by atoms with E-state index in [4.69, 9.17) is 9.72 Å². The maximum Gasteiger partial charge on any atom is 0.142 e. The summed E-state index contributed by atoms with van der Waals surface area (Å²) in [6, 6.07) is 10.5. The molecule has 124 valence electrons. The monoisotopic (exact) mass is 325 g/mol. The van der Waals surface area contributed by atoms with Crippen LogP contribution in [0.25, 0.3) is 16.9 Å². The van der Waals surface area contributed by atoms with E-state index in [1.807, 2.05) is 25.3 Å². The van der Waals surface area contributed by atoms with Crippen molar-refractivity contribution in [2.24, 2.45) is 0 Å². The lowest BCUT2D eigenvalue weighted by Gasteiger charge is -2.13. The Bertz CT molecular complexity index is 851. The van der Waals surface area contributed by atoms with Gasteiger partial charge < -0.3 is 10.1 Å². The Labute approximate surface area is 140 Å². The highest BCUT2D eigenvalue weighted by atomic mass is 19.1. The number of rotatable bonds is 4. The minimum Gasteiger partial charge on any atom is -0.376 e. The van der Waals surface area contributed by atoms with E-state index in [9.17, 15) is 4.39 Å². The number of aryl methyl sites for hydroxylation is 1. The summed E-state index contributed by atoms with van der Waals surface area (Å²) in [5.41, 5.74) is 3.74. The first-order valence-electron chi connectivity index (χ1n) is 8.31. The zero-order valence-electron chi connectivity index (χ0n) is 13.6. The number of pyridine rings is 1. The van der Waals surface area contributed by atoms with Crippen LogP contribution in [0.2, 0.25) is 0 Å². The molecular weight excluding hydrogens is 305 g/mol. The first-order valence-corrected chi connectivity index (χ1v) is 8.31.